The molecular weight excluding hydrogens is 179 g/mol. The van der Waals surface area contributed by atoms with E-state index < -0.39 is 7.60 Å². The fourth-order valence-electron chi connectivity index (χ4n) is 0.857. The lowest BCUT2D eigenvalue weighted by atomic mass is 10.5. The molecule has 5 heteroatoms. The molecule has 74 valence electrons. The molecule has 0 bridgehead atoms. The summed E-state index contributed by atoms with van der Waals surface area (Å²) in [6.45, 7) is 5.85. The molecule has 2 unspecified atom stereocenters. The molecule has 0 aliphatic carbocycles. The fraction of sp³-hybridized carbons (Fsp3) is 1.00. The summed E-state index contributed by atoms with van der Waals surface area (Å²) in [5.74, 6) is 0. The third-order valence-corrected chi connectivity index (χ3v) is 2.61. The maximum absolute atomic E-state index is 11.4. The van der Waals surface area contributed by atoms with Crippen molar-refractivity contribution in [3.63, 3.8) is 0 Å². The molecule has 0 aliphatic heterocycles. The van der Waals surface area contributed by atoms with Gasteiger partial charge in [-0.25, -0.2) is 0 Å². The van der Waals surface area contributed by atoms with Gasteiger partial charge >= 0.3 is 7.60 Å². The van der Waals surface area contributed by atoms with Crippen LogP contribution in [0.1, 0.15) is 13.8 Å². The van der Waals surface area contributed by atoms with E-state index in [0.29, 0.717) is 13.2 Å². The van der Waals surface area contributed by atoms with Crippen LogP contribution in [-0.4, -0.2) is 33.1 Å². The van der Waals surface area contributed by atoms with Crippen molar-refractivity contribution in [3.8, 4) is 0 Å². The van der Waals surface area contributed by atoms with Crippen LogP contribution in [0, 0.1) is 0 Å². The SMILES string of the molecule is CCOP(C)(=O)OC(C)COC. The van der Waals surface area contributed by atoms with Gasteiger partial charge in [-0.1, -0.05) is 0 Å². The Labute approximate surface area is 73.7 Å². The quantitative estimate of drug-likeness (QED) is 0.608. The normalized spacial score (nSPS) is 18.7. The van der Waals surface area contributed by atoms with Gasteiger partial charge < -0.3 is 13.8 Å². The van der Waals surface area contributed by atoms with Crippen LogP contribution >= 0.6 is 7.60 Å². The van der Waals surface area contributed by atoms with Gasteiger partial charge in [0.15, 0.2) is 0 Å². The summed E-state index contributed by atoms with van der Waals surface area (Å²) in [7, 11) is -1.29. The van der Waals surface area contributed by atoms with Crippen molar-refractivity contribution < 1.29 is 18.3 Å². The Bertz CT molecular complexity index is 159. The third-order valence-electron chi connectivity index (χ3n) is 1.14. The van der Waals surface area contributed by atoms with E-state index in [9.17, 15) is 4.57 Å². The van der Waals surface area contributed by atoms with Gasteiger partial charge in [0.25, 0.3) is 0 Å². The Balaban J connectivity index is 3.79. The topological polar surface area (TPSA) is 44.8 Å². The van der Waals surface area contributed by atoms with Gasteiger partial charge in [-0.2, -0.15) is 0 Å². The third kappa shape index (κ3) is 5.72. The molecule has 0 fully saturated rings. The minimum atomic E-state index is -2.86. The Morgan fingerprint density at radius 3 is 2.50 bits per heavy atom. The van der Waals surface area contributed by atoms with Gasteiger partial charge in [0, 0.05) is 13.8 Å². The summed E-state index contributed by atoms with van der Waals surface area (Å²) in [5, 5.41) is 0. The highest BCUT2D eigenvalue weighted by atomic mass is 31.2. The highest BCUT2D eigenvalue weighted by Crippen LogP contribution is 2.44. The molecule has 2 atom stereocenters. The first-order valence-electron chi connectivity index (χ1n) is 3.91. The zero-order valence-corrected chi connectivity index (χ0v) is 8.97. The first kappa shape index (κ1) is 12.1. The first-order chi connectivity index (χ1) is 5.52. The van der Waals surface area contributed by atoms with Gasteiger partial charge in [0.2, 0.25) is 0 Å². The first-order valence-corrected chi connectivity index (χ1v) is 5.90. The van der Waals surface area contributed by atoms with E-state index in [4.69, 9.17) is 13.8 Å². The molecule has 4 nitrogen and oxygen atoms in total. The summed E-state index contributed by atoms with van der Waals surface area (Å²) in [5.41, 5.74) is 0. The highest BCUT2D eigenvalue weighted by molar-refractivity contribution is 7.52. The summed E-state index contributed by atoms with van der Waals surface area (Å²) >= 11 is 0. The van der Waals surface area contributed by atoms with Crippen LogP contribution in [0.5, 0.6) is 0 Å². The Morgan fingerprint density at radius 2 is 2.08 bits per heavy atom. The van der Waals surface area contributed by atoms with E-state index in [0.717, 1.165) is 0 Å². The van der Waals surface area contributed by atoms with Crippen LogP contribution < -0.4 is 0 Å². The molecule has 0 N–H and O–H groups in total. The molecule has 0 aliphatic rings. The van der Waals surface area contributed by atoms with Crippen molar-refractivity contribution in [3.05, 3.63) is 0 Å². The molecule has 0 heterocycles. The Kier molecular flexibility index (Phi) is 5.76. The average Bonchev–Trinajstić information content (AvgIpc) is 1.85. The summed E-state index contributed by atoms with van der Waals surface area (Å²) in [4.78, 5) is 0. The minimum Gasteiger partial charge on any atom is -0.382 e. The largest absolute Gasteiger partial charge is 0.382 e. The zero-order valence-electron chi connectivity index (χ0n) is 8.07. The molecule has 0 spiro atoms. The lowest BCUT2D eigenvalue weighted by molar-refractivity contribution is 0.0779. The van der Waals surface area contributed by atoms with Gasteiger partial charge in [-0.3, -0.25) is 4.57 Å². The average molecular weight is 196 g/mol. The molecule has 0 saturated carbocycles. The molecule has 0 aromatic carbocycles. The predicted molar refractivity (Wildman–Crippen MR) is 47.6 cm³/mol. The number of rotatable bonds is 6. The summed E-state index contributed by atoms with van der Waals surface area (Å²) < 4.78 is 26.3. The van der Waals surface area contributed by atoms with E-state index in [-0.39, 0.29) is 6.10 Å². The van der Waals surface area contributed by atoms with E-state index in [1.165, 1.54) is 6.66 Å². The molecule has 0 saturated heterocycles. The van der Waals surface area contributed by atoms with Crippen LogP contribution in [0.25, 0.3) is 0 Å². The Morgan fingerprint density at radius 1 is 1.50 bits per heavy atom. The van der Waals surface area contributed by atoms with Crippen molar-refractivity contribution in [1.29, 1.82) is 0 Å². The van der Waals surface area contributed by atoms with Gasteiger partial charge in [0.1, 0.15) is 0 Å². The van der Waals surface area contributed by atoms with Crippen molar-refractivity contribution in [2.45, 2.75) is 20.0 Å². The van der Waals surface area contributed by atoms with Crippen molar-refractivity contribution in [1.82, 2.24) is 0 Å². The second-order valence-electron chi connectivity index (χ2n) is 2.56. The summed E-state index contributed by atoms with van der Waals surface area (Å²) in [6.07, 6.45) is -0.197. The van der Waals surface area contributed by atoms with Crippen LogP contribution in [0.3, 0.4) is 0 Å². The highest BCUT2D eigenvalue weighted by Gasteiger charge is 2.19. The van der Waals surface area contributed by atoms with E-state index in [1.54, 1.807) is 21.0 Å². The number of ether oxygens (including phenoxy) is 1. The van der Waals surface area contributed by atoms with E-state index in [2.05, 4.69) is 0 Å². The number of methoxy groups -OCH3 is 1. The van der Waals surface area contributed by atoms with Crippen LogP contribution in [0.4, 0.5) is 0 Å². The Hall–Kier alpha value is 0.110. The standard InChI is InChI=1S/C7H17O4P/c1-5-10-12(4,8)11-7(2)6-9-3/h7H,5-6H2,1-4H3. The fourth-order valence-corrected chi connectivity index (χ4v) is 2.10. The lowest BCUT2D eigenvalue weighted by Crippen LogP contribution is -2.13. The second-order valence-corrected chi connectivity index (χ2v) is 4.57. The second kappa shape index (κ2) is 5.70. The van der Waals surface area contributed by atoms with Gasteiger partial charge in [-0.15, -0.1) is 0 Å². The van der Waals surface area contributed by atoms with Crippen LogP contribution in [-0.2, 0) is 18.3 Å². The van der Waals surface area contributed by atoms with E-state index in [1.807, 2.05) is 0 Å². The number of hydrogen-bond acceptors (Lipinski definition) is 4. The molecule has 0 radical (unpaired) electrons. The van der Waals surface area contributed by atoms with Crippen molar-refractivity contribution in [2.75, 3.05) is 27.0 Å². The molecule has 0 rings (SSSR count). The minimum absolute atomic E-state index is 0.197. The number of hydrogen-bond donors (Lipinski definition) is 0. The lowest BCUT2D eigenvalue weighted by Gasteiger charge is -2.17. The smallest absolute Gasteiger partial charge is 0.327 e. The maximum atomic E-state index is 11.4. The molecule has 0 aromatic heterocycles. The van der Waals surface area contributed by atoms with Crippen molar-refractivity contribution >= 4 is 7.60 Å². The molecule has 0 amide bonds. The molecule has 12 heavy (non-hydrogen) atoms. The van der Waals surface area contributed by atoms with E-state index >= 15 is 0 Å². The van der Waals surface area contributed by atoms with Crippen molar-refractivity contribution in [2.24, 2.45) is 0 Å². The molecule has 0 aromatic rings. The molecular formula is C7H17O4P. The predicted octanol–water partition coefficient (Wildman–Crippen LogP) is 1.90. The van der Waals surface area contributed by atoms with Crippen LogP contribution in [0.2, 0.25) is 0 Å². The summed E-state index contributed by atoms with van der Waals surface area (Å²) in [6, 6.07) is 0. The maximum Gasteiger partial charge on any atom is 0.327 e. The van der Waals surface area contributed by atoms with Gasteiger partial charge in [-0.05, 0) is 13.8 Å². The zero-order chi connectivity index (χ0) is 9.61. The van der Waals surface area contributed by atoms with Crippen LogP contribution in [0.15, 0.2) is 0 Å². The monoisotopic (exact) mass is 196 g/mol. The van der Waals surface area contributed by atoms with Gasteiger partial charge in [0.05, 0.1) is 19.3 Å².